The van der Waals surface area contributed by atoms with Crippen molar-refractivity contribution in [3.05, 3.63) is 47.3 Å². The minimum Gasteiger partial charge on any atom is -0.398 e. The van der Waals surface area contributed by atoms with E-state index >= 15 is 0 Å². The third-order valence-corrected chi connectivity index (χ3v) is 2.62. The lowest BCUT2D eigenvalue weighted by atomic mass is 10.0. The van der Waals surface area contributed by atoms with Crippen LogP contribution in [0.3, 0.4) is 0 Å². The summed E-state index contributed by atoms with van der Waals surface area (Å²) in [5, 5.41) is 3.80. The summed E-state index contributed by atoms with van der Waals surface area (Å²) in [6, 6.07) is 3.26. The number of halogens is 3. The number of alkyl halides is 3. The highest BCUT2D eigenvalue weighted by Crippen LogP contribution is 2.35. The Hall–Kier alpha value is -2.31. The first-order valence-electron chi connectivity index (χ1n) is 5.29. The van der Waals surface area contributed by atoms with E-state index in [-0.39, 0.29) is 11.1 Å². The van der Waals surface area contributed by atoms with Crippen molar-refractivity contribution < 1.29 is 18.0 Å². The molecule has 19 heavy (non-hydrogen) atoms. The Morgan fingerprint density at radius 2 is 2.05 bits per heavy atom. The first-order valence-corrected chi connectivity index (χ1v) is 5.29. The number of benzene rings is 1. The van der Waals surface area contributed by atoms with E-state index in [1.54, 1.807) is 7.05 Å². The van der Waals surface area contributed by atoms with Gasteiger partial charge in [-0.2, -0.15) is 18.3 Å². The fraction of sp³-hybridized carbons (Fsp3) is 0.167. The van der Waals surface area contributed by atoms with Gasteiger partial charge in [0, 0.05) is 18.8 Å². The Bertz CT molecular complexity index is 631. The van der Waals surface area contributed by atoms with Gasteiger partial charge in [0.15, 0.2) is 5.78 Å². The van der Waals surface area contributed by atoms with Gasteiger partial charge in [-0.15, -0.1) is 0 Å². The second-order valence-electron chi connectivity index (χ2n) is 4.00. The largest absolute Gasteiger partial charge is 0.418 e. The highest BCUT2D eigenvalue weighted by atomic mass is 19.4. The van der Waals surface area contributed by atoms with Crippen molar-refractivity contribution in [2.75, 3.05) is 5.73 Å². The zero-order valence-electron chi connectivity index (χ0n) is 9.90. The van der Waals surface area contributed by atoms with Crippen LogP contribution in [-0.2, 0) is 13.2 Å². The molecule has 1 heterocycles. The maximum atomic E-state index is 12.7. The van der Waals surface area contributed by atoms with Gasteiger partial charge in [-0.25, -0.2) is 0 Å². The van der Waals surface area contributed by atoms with Gasteiger partial charge >= 0.3 is 6.18 Å². The molecule has 0 aliphatic carbocycles. The highest BCUT2D eigenvalue weighted by Gasteiger charge is 2.34. The minimum absolute atomic E-state index is 0.178. The summed E-state index contributed by atoms with van der Waals surface area (Å²) in [6.45, 7) is 0. The number of nitrogens with two attached hydrogens (primary N) is 1. The number of anilines is 1. The third-order valence-electron chi connectivity index (χ3n) is 2.62. The molecule has 1 aromatic heterocycles. The van der Waals surface area contributed by atoms with E-state index in [1.165, 1.54) is 23.1 Å². The summed E-state index contributed by atoms with van der Waals surface area (Å²) >= 11 is 0. The van der Waals surface area contributed by atoms with Crippen LogP contribution in [0.5, 0.6) is 0 Å². The van der Waals surface area contributed by atoms with Gasteiger partial charge in [-0.3, -0.25) is 9.48 Å². The molecule has 0 spiro atoms. The Morgan fingerprint density at radius 3 is 2.58 bits per heavy atom. The second kappa shape index (κ2) is 4.42. The number of carbonyl (C=O) groups excluding carboxylic acids is 1. The maximum Gasteiger partial charge on any atom is 0.418 e. The molecule has 0 atom stereocenters. The van der Waals surface area contributed by atoms with Gasteiger partial charge in [0.05, 0.1) is 23.0 Å². The number of hydrogen-bond acceptors (Lipinski definition) is 3. The molecular weight excluding hydrogens is 259 g/mol. The van der Waals surface area contributed by atoms with Crippen LogP contribution >= 0.6 is 0 Å². The molecule has 0 unspecified atom stereocenters. The molecule has 2 N–H and O–H groups in total. The minimum atomic E-state index is -4.59. The molecule has 2 rings (SSSR count). The zero-order chi connectivity index (χ0) is 14.2. The predicted molar refractivity (Wildman–Crippen MR) is 62.5 cm³/mol. The number of carbonyl (C=O) groups is 1. The van der Waals surface area contributed by atoms with E-state index in [4.69, 9.17) is 5.73 Å². The predicted octanol–water partition coefficient (Wildman–Crippen LogP) is 2.25. The van der Waals surface area contributed by atoms with Crippen molar-refractivity contribution in [1.29, 1.82) is 0 Å². The lowest BCUT2D eigenvalue weighted by molar-refractivity contribution is -0.136. The lowest BCUT2D eigenvalue weighted by Gasteiger charge is -2.12. The molecule has 0 amide bonds. The molecule has 0 saturated carbocycles. The van der Waals surface area contributed by atoms with Crippen molar-refractivity contribution in [2.24, 2.45) is 7.05 Å². The summed E-state index contributed by atoms with van der Waals surface area (Å²) < 4.78 is 39.5. The van der Waals surface area contributed by atoms with Crippen molar-refractivity contribution in [1.82, 2.24) is 9.78 Å². The summed E-state index contributed by atoms with van der Waals surface area (Å²) in [6.07, 6.45) is -1.89. The standard InChI is InChI=1S/C12H10F3N3O/c1-18-6-7(5-17-18)11(19)8-3-2-4-9(10(8)16)12(13,14)15/h2-6H,16H2,1H3. The fourth-order valence-corrected chi connectivity index (χ4v) is 1.70. The Balaban J connectivity index is 2.49. The van der Waals surface area contributed by atoms with Gasteiger partial charge in [0.1, 0.15) is 0 Å². The average molecular weight is 269 g/mol. The maximum absolute atomic E-state index is 12.7. The molecule has 0 saturated heterocycles. The number of aryl methyl sites for hydroxylation is 1. The van der Waals surface area contributed by atoms with Crippen LogP contribution < -0.4 is 5.73 Å². The molecule has 0 bridgehead atoms. The van der Waals surface area contributed by atoms with Gasteiger partial charge in [0.2, 0.25) is 0 Å². The monoisotopic (exact) mass is 269 g/mol. The zero-order valence-corrected chi connectivity index (χ0v) is 9.90. The molecule has 0 fully saturated rings. The SMILES string of the molecule is Cn1cc(C(=O)c2cccc(C(F)(F)F)c2N)cn1. The summed E-state index contributed by atoms with van der Waals surface area (Å²) in [5.74, 6) is -0.586. The van der Waals surface area contributed by atoms with E-state index in [1.807, 2.05) is 0 Å². The molecular formula is C12H10F3N3O. The van der Waals surface area contributed by atoms with Crippen LogP contribution in [-0.4, -0.2) is 15.6 Å². The number of rotatable bonds is 2. The van der Waals surface area contributed by atoms with Crippen LogP contribution in [0.4, 0.5) is 18.9 Å². The molecule has 4 nitrogen and oxygen atoms in total. The number of nitrogens with zero attached hydrogens (tertiary/aromatic N) is 2. The van der Waals surface area contributed by atoms with Crippen molar-refractivity contribution >= 4 is 11.5 Å². The third kappa shape index (κ3) is 2.44. The van der Waals surface area contributed by atoms with E-state index < -0.39 is 23.2 Å². The van der Waals surface area contributed by atoms with Gasteiger partial charge < -0.3 is 5.73 Å². The Labute approximate surface area is 106 Å². The number of aromatic nitrogens is 2. The average Bonchev–Trinajstić information content (AvgIpc) is 2.74. The van der Waals surface area contributed by atoms with Crippen molar-refractivity contribution in [3.63, 3.8) is 0 Å². The number of nitrogen functional groups attached to an aromatic ring is 1. The van der Waals surface area contributed by atoms with Crippen LogP contribution in [0, 0.1) is 0 Å². The molecule has 1 aromatic carbocycles. The van der Waals surface area contributed by atoms with Crippen molar-refractivity contribution in [3.8, 4) is 0 Å². The van der Waals surface area contributed by atoms with Gasteiger partial charge in [-0.1, -0.05) is 6.07 Å². The molecule has 7 heteroatoms. The first kappa shape index (κ1) is 13.1. The molecule has 0 radical (unpaired) electrons. The van der Waals surface area contributed by atoms with Crippen LogP contribution in [0.2, 0.25) is 0 Å². The quantitative estimate of drug-likeness (QED) is 0.672. The molecule has 0 aliphatic heterocycles. The summed E-state index contributed by atoms with van der Waals surface area (Å²) in [4.78, 5) is 12.1. The lowest BCUT2D eigenvalue weighted by Crippen LogP contribution is -2.13. The molecule has 2 aromatic rings. The fourth-order valence-electron chi connectivity index (χ4n) is 1.70. The van der Waals surface area contributed by atoms with Gasteiger partial charge in [0.25, 0.3) is 0 Å². The Kier molecular flexibility index (Phi) is 3.05. The summed E-state index contributed by atoms with van der Waals surface area (Å²) in [7, 11) is 1.60. The number of ketones is 1. The Morgan fingerprint density at radius 1 is 1.37 bits per heavy atom. The number of para-hydroxylation sites is 1. The van der Waals surface area contributed by atoms with E-state index in [0.29, 0.717) is 0 Å². The van der Waals surface area contributed by atoms with E-state index in [9.17, 15) is 18.0 Å². The van der Waals surface area contributed by atoms with Crippen LogP contribution in [0.15, 0.2) is 30.6 Å². The number of hydrogen-bond donors (Lipinski definition) is 1. The van der Waals surface area contributed by atoms with Crippen LogP contribution in [0.1, 0.15) is 21.5 Å². The second-order valence-corrected chi connectivity index (χ2v) is 4.00. The van der Waals surface area contributed by atoms with Gasteiger partial charge in [-0.05, 0) is 12.1 Å². The topological polar surface area (TPSA) is 60.9 Å². The van der Waals surface area contributed by atoms with Crippen molar-refractivity contribution in [2.45, 2.75) is 6.18 Å². The highest BCUT2D eigenvalue weighted by molar-refractivity contribution is 6.12. The normalized spacial score (nSPS) is 11.6. The smallest absolute Gasteiger partial charge is 0.398 e. The van der Waals surface area contributed by atoms with E-state index in [2.05, 4.69) is 5.10 Å². The molecule has 0 aliphatic rings. The van der Waals surface area contributed by atoms with Crippen LogP contribution in [0.25, 0.3) is 0 Å². The molecule has 100 valence electrons. The van der Waals surface area contributed by atoms with E-state index in [0.717, 1.165) is 12.1 Å². The first-order chi connectivity index (χ1) is 8.80. The summed E-state index contributed by atoms with van der Waals surface area (Å²) in [5.41, 5.74) is 3.88.